The van der Waals surface area contributed by atoms with Gasteiger partial charge in [0.15, 0.2) is 0 Å². The van der Waals surface area contributed by atoms with Crippen LogP contribution >= 0.6 is 0 Å². The van der Waals surface area contributed by atoms with Crippen LogP contribution < -0.4 is 4.74 Å². The molecule has 0 atom stereocenters. The fourth-order valence-electron chi connectivity index (χ4n) is 1.97. The Morgan fingerprint density at radius 2 is 2.08 bits per heavy atom. The van der Waals surface area contributed by atoms with Crippen molar-refractivity contribution < 1.29 is 18.6 Å². The number of halogens is 2. The van der Waals surface area contributed by atoms with E-state index in [2.05, 4.69) is 20.3 Å². The van der Waals surface area contributed by atoms with Crippen molar-refractivity contribution in [1.29, 1.82) is 0 Å². The molecule has 0 aliphatic heterocycles. The third-order valence-corrected chi connectivity index (χ3v) is 3.13. The number of benzene rings is 1. The first-order chi connectivity index (χ1) is 11.7. The van der Waals surface area contributed by atoms with E-state index in [-0.39, 0.29) is 24.8 Å². The van der Waals surface area contributed by atoms with Crippen molar-refractivity contribution in [2.45, 2.75) is 19.6 Å². The molecule has 0 bridgehead atoms. The van der Waals surface area contributed by atoms with Crippen molar-refractivity contribution in [2.24, 2.45) is 0 Å². The van der Waals surface area contributed by atoms with Crippen LogP contribution in [0.3, 0.4) is 0 Å². The van der Waals surface area contributed by atoms with Crippen LogP contribution in [0.5, 0.6) is 6.01 Å². The largest absolute Gasteiger partial charge is 0.457 e. The van der Waals surface area contributed by atoms with Gasteiger partial charge in [-0.3, -0.25) is 0 Å². The number of rotatable bonds is 6. The van der Waals surface area contributed by atoms with Gasteiger partial charge < -0.3 is 9.84 Å². The SMILES string of the molecule is OCc1ccnc(OCc2cn(-c3cccc(C(F)F)c3)nn2)n1. The van der Waals surface area contributed by atoms with Gasteiger partial charge in [-0.25, -0.2) is 18.4 Å². The van der Waals surface area contributed by atoms with Crippen molar-refractivity contribution in [3.8, 4) is 11.7 Å². The van der Waals surface area contributed by atoms with E-state index in [4.69, 9.17) is 9.84 Å². The first-order valence-corrected chi connectivity index (χ1v) is 7.01. The lowest BCUT2D eigenvalue weighted by Gasteiger charge is -2.04. The van der Waals surface area contributed by atoms with E-state index in [1.807, 2.05) is 0 Å². The molecule has 0 radical (unpaired) electrons. The molecule has 3 rings (SSSR count). The molecule has 7 nitrogen and oxygen atoms in total. The van der Waals surface area contributed by atoms with Crippen molar-refractivity contribution in [1.82, 2.24) is 25.0 Å². The Morgan fingerprint density at radius 3 is 2.88 bits per heavy atom. The van der Waals surface area contributed by atoms with Gasteiger partial charge in [0.2, 0.25) is 0 Å². The van der Waals surface area contributed by atoms with Crippen LogP contribution in [0.15, 0.2) is 42.7 Å². The molecule has 0 aliphatic rings. The third kappa shape index (κ3) is 3.69. The van der Waals surface area contributed by atoms with Crippen LogP contribution in [0.2, 0.25) is 0 Å². The summed E-state index contributed by atoms with van der Waals surface area (Å²) in [6, 6.07) is 7.55. The molecular formula is C15H13F2N5O2. The highest BCUT2D eigenvalue weighted by atomic mass is 19.3. The molecule has 24 heavy (non-hydrogen) atoms. The van der Waals surface area contributed by atoms with Gasteiger partial charge in [-0.05, 0) is 18.2 Å². The quantitative estimate of drug-likeness (QED) is 0.743. The maximum atomic E-state index is 12.7. The molecule has 0 fully saturated rings. The number of hydrogen-bond donors (Lipinski definition) is 1. The maximum Gasteiger partial charge on any atom is 0.317 e. The molecule has 2 heterocycles. The van der Waals surface area contributed by atoms with E-state index in [0.29, 0.717) is 17.1 Å². The summed E-state index contributed by atoms with van der Waals surface area (Å²) >= 11 is 0. The summed E-state index contributed by atoms with van der Waals surface area (Å²) < 4.78 is 32.2. The first kappa shape index (κ1) is 15.9. The maximum absolute atomic E-state index is 12.7. The van der Waals surface area contributed by atoms with Gasteiger partial charge >= 0.3 is 6.01 Å². The number of aliphatic hydroxyl groups is 1. The monoisotopic (exact) mass is 333 g/mol. The van der Waals surface area contributed by atoms with Crippen molar-refractivity contribution in [2.75, 3.05) is 0 Å². The highest BCUT2D eigenvalue weighted by Gasteiger charge is 2.10. The van der Waals surface area contributed by atoms with Crippen molar-refractivity contribution in [3.63, 3.8) is 0 Å². The Bertz CT molecular complexity index is 825. The summed E-state index contributed by atoms with van der Waals surface area (Å²) in [6.07, 6.45) is 0.494. The highest BCUT2D eigenvalue weighted by molar-refractivity contribution is 5.35. The van der Waals surface area contributed by atoms with E-state index >= 15 is 0 Å². The van der Waals surface area contributed by atoms with Gasteiger partial charge in [-0.15, -0.1) is 5.10 Å². The number of ether oxygens (including phenoxy) is 1. The Labute approximate surface area is 135 Å². The van der Waals surface area contributed by atoms with Gasteiger partial charge in [0.1, 0.15) is 12.3 Å². The smallest absolute Gasteiger partial charge is 0.317 e. The second-order valence-corrected chi connectivity index (χ2v) is 4.83. The van der Waals surface area contributed by atoms with E-state index in [1.54, 1.807) is 18.3 Å². The van der Waals surface area contributed by atoms with Crippen LogP contribution in [0, 0.1) is 0 Å². The van der Waals surface area contributed by atoms with E-state index in [9.17, 15) is 8.78 Å². The topological polar surface area (TPSA) is 86.0 Å². The summed E-state index contributed by atoms with van der Waals surface area (Å²) in [4.78, 5) is 7.90. The average Bonchev–Trinajstić information content (AvgIpc) is 3.09. The lowest BCUT2D eigenvalue weighted by Crippen LogP contribution is -2.01. The van der Waals surface area contributed by atoms with Gasteiger partial charge in [-0.2, -0.15) is 4.98 Å². The standard InChI is InChI=1S/C15H13F2N5O2/c16-14(17)10-2-1-3-13(6-10)22-7-12(20-21-22)9-24-15-18-5-4-11(8-23)19-15/h1-7,14,23H,8-9H2. The fraction of sp³-hybridized carbons (Fsp3) is 0.200. The minimum atomic E-state index is -2.55. The number of hydrogen-bond acceptors (Lipinski definition) is 6. The summed E-state index contributed by atoms with van der Waals surface area (Å²) in [5.74, 6) is 0. The molecular weight excluding hydrogens is 320 g/mol. The number of nitrogens with zero attached hydrogens (tertiary/aromatic N) is 5. The predicted molar refractivity (Wildman–Crippen MR) is 78.6 cm³/mol. The Hall–Kier alpha value is -2.94. The lowest BCUT2D eigenvalue weighted by molar-refractivity contribution is 0.151. The van der Waals surface area contributed by atoms with Crippen molar-refractivity contribution in [3.05, 3.63) is 59.7 Å². The number of aromatic nitrogens is 5. The van der Waals surface area contributed by atoms with Crippen LogP contribution in [0.1, 0.15) is 23.4 Å². The minimum Gasteiger partial charge on any atom is -0.457 e. The first-order valence-electron chi connectivity index (χ1n) is 7.01. The highest BCUT2D eigenvalue weighted by Crippen LogP contribution is 2.21. The Morgan fingerprint density at radius 1 is 1.21 bits per heavy atom. The molecule has 0 aliphatic carbocycles. The van der Waals surface area contributed by atoms with E-state index < -0.39 is 6.43 Å². The summed E-state index contributed by atoms with van der Waals surface area (Å²) in [5.41, 5.74) is 1.31. The zero-order valence-electron chi connectivity index (χ0n) is 12.4. The van der Waals surface area contributed by atoms with Gasteiger partial charge in [-0.1, -0.05) is 17.3 Å². The molecule has 0 unspecified atom stereocenters. The van der Waals surface area contributed by atoms with Crippen LogP contribution in [-0.4, -0.2) is 30.1 Å². The normalized spacial score (nSPS) is 11.0. The molecule has 0 amide bonds. The van der Waals surface area contributed by atoms with Crippen LogP contribution in [0.25, 0.3) is 5.69 Å². The molecule has 0 saturated heterocycles. The molecule has 0 saturated carbocycles. The van der Waals surface area contributed by atoms with Crippen molar-refractivity contribution >= 4 is 0 Å². The van der Waals surface area contributed by atoms with Crippen LogP contribution in [0.4, 0.5) is 8.78 Å². The molecule has 9 heteroatoms. The lowest BCUT2D eigenvalue weighted by atomic mass is 10.2. The molecule has 124 valence electrons. The van der Waals surface area contributed by atoms with Gasteiger partial charge in [0, 0.05) is 11.8 Å². The average molecular weight is 333 g/mol. The zero-order chi connectivity index (χ0) is 16.9. The van der Waals surface area contributed by atoms with E-state index in [0.717, 1.165) is 0 Å². The van der Waals surface area contributed by atoms with Crippen LogP contribution in [-0.2, 0) is 13.2 Å². The summed E-state index contributed by atoms with van der Waals surface area (Å²) in [5, 5.41) is 16.8. The molecule has 1 N–H and O–H groups in total. The zero-order valence-corrected chi connectivity index (χ0v) is 12.4. The number of aliphatic hydroxyl groups excluding tert-OH is 1. The summed E-state index contributed by atoms with van der Waals surface area (Å²) in [6.45, 7) is -0.154. The second kappa shape index (κ2) is 7.09. The third-order valence-electron chi connectivity index (χ3n) is 3.13. The summed E-state index contributed by atoms with van der Waals surface area (Å²) in [7, 11) is 0. The molecule has 0 spiro atoms. The Balaban J connectivity index is 1.70. The minimum absolute atomic E-state index is 0.0589. The number of alkyl halides is 2. The predicted octanol–water partition coefficient (Wildman–Crippen LogP) is 2.07. The van der Waals surface area contributed by atoms with Gasteiger partial charge in [0.05, 0.1) is 24.2 Å². The van der Waals surface area contributed by atoms with E-state index in [1.165, 1.54) is 29.1 Å². The molecule has 3 aromatic rings. The Kier molecular flexibility index (Phi) is 4.71. The molecule has 2 aromatic heterocycles. The second-order valence-electron chi connectivity index (χ2n) is 4.83. The fourth-order valence-corrected chi connectivity index (χ4v) is 1.97. The molecule has 1 aromatic carbocycles. The van der Waals surface area contributed by atoms with Gasteiger partial charge in [0.25, 0.3) is 6.43 Å².